The van der Waals surface area contributed by atoms with Gasteiger partial charge >= 0.3 is 0 Å². The van der Waals surface area contributed by atoms with Crippen LogP contribution >= 0.6 is 0 Å². The molecule has 0 amide bonds. The van der Waals surface area contributed by atoms with Gasteiger partial charge in [0.25, 0.3) is 0 Å². The first-order chi connectivity index (χ1) is 6.31. The molecule has 0 aromatic carbocycles. The van der Waals surface area contributed by atoms with Gasteiger partial charge in [-0.25, -0.2) is 0 Å². The van der Waals surface area contributed by atoms with Crippen molar-refractivity contribution in [2.75, 3.05) is 13.1 Å². The smallest absolute Gasteiger partial charge is 0.00387 e. The second kappa shape index (κ2) is 10.0. The highest BCUT2D eigenvalue weighted by atomic mass is 14.9. The molecule has 1 atom stereocenters. The van der Waals surface area contributed by atoms with Crippen LogP contribution in [0.1, 0.15) is 52.4 Å². The van der Waals surface area contributed by atoms with Crippen molar-refractivity contribution in [3.63, 3.8) is 0 Å². The van der Waals surface area contributed by atoms with E-state index in [-0.39, 0.29) is 0 Å². The van der Waals surface area contributed by atoms with E-state index >= 15 is 0 Å². The van der Waals surface area contributed by atoms with Crippen LogP contribution in [0.3, 0.4) is 0 Å². The minimum absolute atomic E-state index is 0.670. The van der Waals surface area contributed by atoms with Crippen molar-refractivity contribution in [1.82, 2.24) is 5.32 Å². The second-order valence-electron chi connectivity index (χ2n) is 3.85. The lowest BCUT2D eigenvalue weighted by atomic mass is 10.1. The van der Waals surface area contributed by atoms with Crippen LogP contribution in [0.4, 0.5) is 0 Å². The minimum Gasteiger partial charge on any atom is -0.330 e. The lowest BCUT2D eigenvalue weighted by molar-refractivity contribution is 0.480. The summed E-state index contributed by atoms with van der Waals surface area (Å²) in [5.41, 5.74) is 5.41. The summed E-state index contributed by atoms with van der Waals surface area (Å²) >= 11 is 0. The van der Waals surface area contributed by atoms with Crippen molar-refractivity contribution in [3.05, 3.63) is 0 Å². The highest BCUT2D eigenvalue weighted by Gasteiger charge is 1.99. The third-order valence-corrected chi connectivity index (χ3v) is 2.36. The zero-order valence-electron chi connectivity index (χ0n) is 9.31. The molecule has 2 nitrogen and oxygen atoms in total. The summed E-state index contributed by atoms with van der Waals surface area (Å²) in [5, 5.41) is 3.48. The average molecular weight is 186 g/mol. The van der Waals surface area contributed by atoms with E-state index in [1.54, 1.807) is 0 Å². The minimum atomic E-state index is 0.670. The molecule has 0 heterocycles. The van der Waals surface area contributed by atoms with Gasteiger partial charge in [0.15, 0.2) is 0 Å². The molecule has 0 radical (unpaired) electrons. The quantitative estimate of drug-likeness (QED) is 0.542. The van der Waals surface area contributed by atoms with E-state index in [0.29, 0.717) is 6.04 Å². The summed E-state index contributed by atoms with van der Waals surface area (Å²) in [6.45, 7) is 6.40. The standard InChI is InChI=1S/C11H26N2/c1-3-4-5-6-8-11(2)13-10-7-9-12/h11,13H,3-10,12H2,1-2H3/t11-/m0/s1. The first-order valence-corrected chi connectivity index (χ1v) is 5.74. The number of hydrogen-bond acceptors (Lipinski definition) is 2. The fraction of sp³-hybridized carbons (Fsp3) is 1.00. The second-order valence-corrected chi connectivity index (χ2v) is 3.85. The maximum atomic E-state index is 5.41. The molecule has 0 aromatic rings. The first-order valence-electron chi connectivity index (χ1n) is 5.74. The highest BCUT2D eigenvalue weighted by molar-refractivity contribution is 4.60. The summed E-state index contributed by atoms with van der Waals surface area (Å²) in [6, 6.07) is 0.670. The Morgan fingerprint density at radius 2 is 1.92 bits per heavy atom. The van der Waals surface area contributed by atoms with Crippen molar-refractivity contribution < 1.29 is 0 Å². The average Bonchev–Trinajstić information content (AvgIpc) is 2.13. The van der Waals surface area contributed by atoms with Gasteiger partial charge < -0.3 is 11.1 Å². The number of unbranched alkanes of at least 4 members (excludes halogenated alkanes) is 3. The molecular weight excluding hydrogens is 160 g/mol. The number of nitrogens with one attached hydrogen (secondary N) is 1. The highest BCUT2D eigenvalue weighted by Crippen LogP contribution is 2.04. The van der Waals surface area contributed by atoms with Crippen molar-refractivity contribution in [2.45, 2.75) is 58.4 Å². The van der Waals surface area contributed by atoms with E-state index in [9.17, 15) is 0 Å². The molecule has 2 heteroatoms. The fourth-order valence-corrected chi connectivity index (χ4v) is 1.43. The van der Waals surface area contributed by atoms with Crippen molar-refractivity contribution in [3.8, 4) is 0 Å². The number of rotatable bonds is 9. The molecule has 0 fully saturated rings. The van der Waals surface area contributed by atoms with Gasteiger partial charge in [0.2, 0.25) is 0 Å². The van der Waals surface area contributed by atoms with Gasteiger partial charge in [-0.2, -0.15) is 0 Å². The van der Waals surface area contributed by atoms with Crippen LogP contribution < -0.4 is 11.1 Å². The number of nitrogens with two attached hydrogens (primary N) is 1. The van der Waals surface area contributed by atoms with Gasteiger partial charge in [0, 0.05) is 6.04 Å². The van der Waals surface area contributed by atoms with E-state index in [1.165, 1.54) is 32.1 Å². The molecule has 0 aromatic heterocycles. The third-order valence-electron chi connectivity index (χ3n) is 2.36. The Morgan fingerprint density at radius 1 is 1.15 bits per heavy atom. The van der Waals surface area contributed by atoms with Crippen LogP contribution in [0.25, 0.3) is 0 Å². The Morgan fingerprint density at radius 3 is 2.54 bits per heavy atom. The maximum absolute atomic E-state index is 5.41. The van der Waals surface area contributed by atoms with Crippen molar-refractivity contribution in [1.29, 1.82) is 0 Å². The maximum Gasteiger partial charge on any atom is 0.00387 e. The molecule has 0 spiro atoms. The van der Waals surface area contributed by atoms with Crippen molar-refractivity contribution >= 4 is 0 Å². The molecule has 0 unspecified atom stereocenters. The van der Waals surface area contributed by atoms with Gasteiger partial charge in [-0.1, -0.05) is 32.6 Å². The Kier molecular flexibility index (Phi) is 9.94. The van der Waals surface area contributed by atoms with Crippen LogP contribution in [-0.2, 0) is 0 Å². The van der Waals surface area contributed by atoms with Gasteiger partial charge in [-0.3, -0.25) is 0 Å². The topological polar surface area (TPSA) is 38.0 Å². The van der Waals surface area contributed by atoms with E-state index in [0.717, 1.165) is 19.5 Å². The predicted octanol–water partition coefficient (Wildman–Crippen LogP) is 2.28. The fourth-order valence-electron chi connectivity index (χ4n) is 1.43. The Labute approximate surface area is 83.3 Å². The monoisotopic (exact) mass is 186 g/mol. The van der Waals surface area contributed by atoms with E-state index in [2.05, 4.69) is 19.2 Å². The van der Waals surface area contributed by atoms with Gasteiger partial charge in [0.05, 0.1) is 0 Å². The van der Waals surface area contributed by atoms with Crippen LogP contribution in [-0.4, -0.2) is 19.1 Å². The van der Waals surface area contributed by atoms with Crippen molar-refractivity contribution in [2.24, 2.45) is 5.73 Å². The van der Waals surface area contributed by atoms with Gasteiger partial charge in [-0.15, -0.1) is 0 Å². The molecule has 80 valence electrons. The Balaban J connectivity index is 3.05. The third kappa shape index (κ3) is 9.84. The van der Waals surface area contributed by atoms with Crippen LogP contribution in [0.2, 0.25) is 0 Å². The molecule has 0 saturated carbocycles. The Bertz CT molecular complexity index is 94.1. The van der Waals surface area contributed by atoms with Gasteiger partial charge in [0.1, 0.15) is 0 Å². The summed E-state index contributed by atoms with van der Waals surface area (Å²) < 4.78 is 0. The van der Waals surface area contributed by atoms with Gasteiger partial charge in [-0.05, 0) is 32.9 Å². The molecule has 0 aliphatic heterocycles. The molecule has 0 rings (SSSR count). The lowest BCUT2D eigenvalue weighted by Crippen LogP contribution is -2.28. The summed E-state index contributed by atoms with van der Waals surface area (Å²) in [5.74, 6) is 0. The zero-order valence-corrected chi connectivity index (χ0v) is 9.31. The molecule has 0 bridgehead atoms. The molecule has 0 aliphatic carbocycles. The van der Waals surface area contributed by atoms with Crippen LogP contribution in [0.5, 0.6) is 0 Å². The summed E-state index contributed by atoms with van der Waals surface area (Å²) in [6.07, 6.45) is 7.87. The first kappa shape index (κ1) is 12.9. The van der Waals surface area contributed by atoms with Crippen LogP contribution in [0, 0.1) is 0 Å². The molecule has 0 aliphatic rings. The molecular formula is C11H26N2. The predicted molar refractivity (Wildman–Crippen MR) is 59.9 cm³/mol. The van der Waals surface area contributed by atoms with E-state index < -0.39 is 0 Å². The number of hydrogen-bond donors (Lipinski definition) is 2. The summed E-state index contributed by atoms with van der Waals surface area (Å²) in [4.78, 5) is 0. The lowest BCUT2D eigenvalue weighted by Gasteiger charge is -2.12. The molecule has 3 N–H and O–H groups in total. The normalized spacial score (nSPS) is 13.2. The van der Waals surface area contributed by atoms with Crippen LogP contribution in [0.15, 0.2) is 0 Å². The molecule has 13 heavy (non-hydrogen) atoms. The SMILES string of the molecule is CCCCCC[C@H](C)NCCCN. The summed E-state index contributed by atoms with van der Waals surface area (Å²) in [7, 11) is 0. The van der Waals surface area contributed by atoms with E-state index in [1.807, 2.05) is 0 Å². The largest absolute Gasteiger partial charge is 0.330 e. The van der Waals surface area contributed by atoms with E-state index in [4.69, 9.17) is 5.73 Å². The zero-order chi connectivity index (χ0) is 9.94. The Hall–Kier alpha value is -0.0800. The molecule has 0 saturated heterocycles.